The van der Waals surface area contributed by atoms with E-state index in [0.717, 1.165) is 17.0 Å². The molecule has 0 spiro atoms. The van der Waals surface area contributed by atoms with E-state index in [2.05, 4.69) is 27.8 Å². The Morgan fingerprint density at radius 2 is 2.00 bits per heavy atom. The zero-order chi connectivity index (χ0) is 27.5. The van der Waals surface area contributed by atoms with Crippen molar-refractivity contribution in [2.24, 2.45) is 11.8 Å². The summed E-state index contributed by atoms with van der Waals surface area (Å²) >= 11 is 3.76. The predicted octanol–water partition coefficient (Wildman–Crippen LogP) is 2.47. The molecule has 0 aliphatic carbocycles. The molecule has 38 heavy (non-hydrogen) atoms. The molecular formula is C26H39N4O7S+. The first-order chi connectivity index (χ1) is 18.3. The normalized spacial score (nSPS) is 23.1. The molecule has 1 saturated heterocycles. The van der Waals surface area contributed by atoms with Gasteiger partial charge >= 0.3 is 5.97 Å². The van der Waals surface area contributed by atoms with E-state index in [1.54, 1.807) is 7.11 Å². The monoisotopic (exact) mass is 551 g/mol. The van der Waals surface area contributed by atoms with Crippen molar-refractivity contribution in [3.63, 3.8) is 0 Å². The van der Waals surface area contributed by atoms with E-state index in [-0.39, 0.29) is 23.7 Å². The van der Waals surface area contributed by atoms with Crippen molar-refractivity contribution in [1.82, 2.24) is 15.0 Å². The highest BCUT2D eigenvalue weighted by molar-refractivity contribution is 7.78. The lowest BCUT2D eigenvalue weighted by Crippen LogP contribution is -2.57. The molecule has 11 nitrogen and oxygen atoms in total. The van der Waals surface area contributed by atoms with Crippen LogP contribution in [0.3, 0.4) is 0 Å². The number of rotatable bonds is 14. The average Bonchev–Trinajstić information content (AvgIpc) is 3.37. The second-order valence-corrected chi connectivity index (χ2v) is 9.67. The van der Waals surface area contributed by atoms with Crippen LogP contribution >= 0.6 is 12.8 Å². The van der Waals surface area contributed by atoms with Gasteiger partial charge in [-0.1, -0.05) is 44.0 Å². The van der Waals surface area contributed by atoms with Gasteiger partial charge in [-0.05, 0) is 25.0 Å². The van der Waals surface area contributed by atoms with Gasteiger partial charge in [0.1, 0.15) is 31.1 Å². The number of nitrogens with one attached hydrogen (secondary N) is 2. The Balaban J connectivity index is 1.66. The molecule has 3 rings (SSSR count). The minimum absolute atomic E-state index is 0.000448. The van der Waals surface area contributed by atoms with Crippen molar-refractivity contribution in [1.29, 1.82) is 0 Å². The van der Waals surface area contributed by atoms with Crippen molar-refractivity contribution in [3.05, 3.63) is 30.5 Å². The Hall–Kier alpha value is -2.67. The number of aromatic amines is 1. The van der Waals surface area contributed by atoms with Gasteiger partial charge in [-0.2, -0.15) is 4.68 Å². The maximum absolute atomic E-state index is 11.9. The second-order valence-electron chi connectivity index (χ2n) is 9.45. The van der Waals surface area contributed by atoms with Crippen LogP contribution in [0.2, 0.25) is 0 Å². The van der Waals surface area contributed by atoms with Gasteiger partial charge in [0.15, 0.2) is 12.5 Å². The number of benzene rings is 1. The quantitative estimate of drug-likeness (QED) is 0.142. The van der Waals surface area contributed by atoms with Crippen LogP contribution < -0.4 is 14.1 Å². The van der Waals surface area contributed by atoms with Crippen molar-refractivity contribution in [2.75, 3.05) is 26.9 Å². The number of carbonyl (C=O) groups excluding carboxylic acids is 2. The molecule has 1 amide bonds. The number of hydrogen-bond acceptors (Lipinski definition) is 9. The van der Waals surface area contributed by atoms with E-state index in [1.165, 1.54) is 6.92 Å². The number of H-pyrrole nitrogens is 1. The van der Waals surface area contributed by atoms with Gasteiger partial charge in [-0.3, -0.25) is 9.59 Å². The van der Waals surface area contributed by atoms with E-state index in [9.17, 15) is 9.59 Å². The third-order valence-electron chi connectivity index (χ3n) is 6.60. The fourth-order valence-electron chi connectivity index (χ4n) is 4.35. The first kappa shape index (κ1) is 29.9. The number of amides is 1. The maximum Gasteiger partial charge on any atom is 0.303 e. The summed E-state index contributed by atoms with van der Waals surface area (Å²) in [7, 11) is 1.63. The molecule has 1 aromatic carbocycles. The lowest BCUT2D eigenvalue weighted by Gasteiger charge is -2.43. The molecular weight excluding hydrogens is 512 g/mol. The molecule has 2 aromatic rings. The van der Waals surface area contributed by atoms with Gasteiger partial charge in [-0.25, -0.2) is 0 Å². The number of unbranched alkanes of at least 4 members (excludes halogenated alkanes) is 1. The maximum atomic E-state index is 11.9. The van der Waals surface area contributed by atoms with Crippen LogP contribution in [0.25, 0.3) is 11.3 Å². The zero-order valence-corrected chi connectivity index (χ0v) is 23.3. The van der Waals surface area contributed by atoms with E-state index in [4.69, 9.17) is 23.7 Å². The Morgan fingerprint density at radius 3 is 2.74 bits per heavy atom. The van der Waals surface area contributed by atoms with Gasteiger partial charge in [0.05, 0.1) is 6.61 Å². The third kappa shape index (κ3) is 8.69. The SMILES string of the molecule is COCCOc1cccc(-c2c[n+](CC3OC(OCCCCC(=O)NS)C(C)[C@@H](C)[C@H]3OC(C)=O)[nH]n2)c1. The van der Waals surface area contributed by atoms with Crippen molar-refractivity contribution in [2.45, 2.75) is 65.1 Å². The number of carbonyl (C=O) groups is 2. The van der Waals surface area contributed by atoms with E-state index < -0.39 is 18.5 Å². The third-order valence-corrected chi connectivity index (χ3v) is 6.85. The molecule has 1 fully saturated rings. The molecule has 1 aliphatic heterocycles. The topological polar surface area (TPSA) is 125 Å². The molecule has 3 unspecified atom stereocenters. The molecule has 1 aromatic heterocycles. The summed E-state index contributed by atoms with van der Waals surface area (Å²) in [5, 5.41) is 7.46. The number of esters is 1. The summed E-state index contributed by atoms with van der Waals surface area (Å²) < 4.78 is 33.0. The Bertz CT molecular complexity index is 1040. The van der Waals surface area contributed by atoms with Crippen molar-refractivity contribution >= 4 is 24.7 Å². The number of ether oxygens (including phenoxy) is 5. The molecule has 210 valence electrons. The summed E-state index contributed by atoms with van der Waals surface area (Å²) in [5.41, 5.74) is 1.63. The highest BCUT2D eigenvalue weighted by atomic mass is 32.1. The van der Waals surface area contributed by atoms with E-state index >= 15 is 0 Å². The largest absolute Gasteiger partial charge is 0.491 e. The van der Waals surface area contributed by atoms with Gasteiger partial charge in [0, 0.05) is 49.6 Å². The Morgan fingerprint density at radius 1 is 1.18 bits per heavy atom. The number of hydrogen-bond donors (Lipinski definition) is 3. The van der Waals surface area contributed by atoms with Crippen LogP contribution in [0.1, 0.15) is 40.0 Å². The Kier molecular flexibility index (Phi) is 11.8. The number of methoxy groups -OCH3 is 1. The summed E-state index contributed by atoms with van der Waals surface area (Å²) in [4.78, 5) is 23.2. The van der Waals surface area contributed by atoms with Crippen LogP contribution in [0.4, 0.5) is 0 Å². The molecule has 0 bridgehead atoms. The first-order valence-electron chi connectivity index (χ1n) is 12.9. The zero-order valence-electron chi connectivity index (χ0n) is 22.4. The molecule has 1 aliphatic rings. The summed E-state index contributed by atoms with van der Waals surface area (Å²) in [6, 6.07) is 7.67. The lowest BCUT2D eigenvalue weighted by molar-refractivity contribution is -0.761. The van der Waals surface area contributed by atoms with Gasteiger partial charge in [0.2, 0.25) is 11.6 Å². The fraction of sp³-hybridized carbons (Fsp3) is 0.615. The molecule has 12 heteroatoms. The molecule has 0 radical (unpaired) electrons. The number of aromatic nitrogens is 3. The van der Waals surface area contributed by atoms with Gasteiger partial charge < -0.3 is 28.4 Å². The summed E-state index contributed by atoms with van der Waals surface area (Å²) in [5.74, 6) is 0.259. The first-order valence-corrected chi connectivity index (χ1v) is 13.3. The summed E-state index contributed by atoms with van der Waals surface area (Å²) in [6.07, 6.45) is 2.31. The standard InChI is InChI=1S/C26H38N4O7S/c1-17-18(2)26(35-11-6-5-10-24(32)28-38)37-23(25(17)36-19(3)31)16-30-15-22(27-29-30)20-8-7-9-21(14-20)34-13-12-33-4/h7-9,14-15,17-18,23,25-26H,5-6,10-13,16H2,1-4H3,(H2,27,28,29,32,38)/p+1/t17-,18?,23?,25-,26?/m1/s1. The fourth-order valence-corrected chi connectivity index (χ4v) is 4.46. The lowest BCUT2D eigenvalue weighted by atomic mass is 9.84. The smallest absolute Gasteiger partial charge is 0.303 e. The van der Waals surface area contributed by atoms with Crippen LogP contribution in [0, 0.1) is 11.8 Å². The molecule has 2 N–H and O–H groups in total. The van der Waals surface area contributed by atoms with Crippen molar-refractivity contribution in [3.8, 4) is 17.0 Å². The minimum Gasteiger partial charge on any atom is -0.491 e. The summed E-state index contributed by atoms with van der Waals surface area (Å²) in [6.45, 7) is 7.28. The molecule has 5 atom stereocenters. The van der Waals surface area contributed by atoms with Gasteiger partial charge in [-0.15, -0.1) is 0 Å². The van der Waals surface area contributed by atoms with Crippen molar-refractivity contribution < 1.29 is 38.0 Å². The van der Waals surface area contributed by atoms with Crippen LogP contribution in [0.5, 0.6) is 5.75 Å². The predicted molar refractivity (Wildman–Crippen MR) is 141 cm³/mol. The Labute approximate surface area is 229 Å². The molecule has 2 heterocycles. The van der Waals surface area contributed by atoms with Gasteiger partial charge in [0.25, 0.3) is 0 Å². The number of nitrogens with zero attached hydrogens (tertiary/aromatic N) is 2. The highest BCUT2D eigenvalue weighted by Gasteiger charge is 2.45. The van der Waals surface area contributed by atoms with Crippen LogP contribution in [-0.4, -0.2) is 67.6 Å². The van der Waals surface area contributed by atoms with E-state index in [1.807, 2.05) is 49.0 Å². The minimum atomic E-state index is -0.468. The molecule has 0 saturated carbocycles. The van der Waals surface area contributed by atoms with Crippen LogP contribution in [-0.2, 0) is 35.1 Å². The highest BCUT2D eigenvalue weighted by Crippen LogP contribution is 2.34. The van der Waals surface area contributed by atoms with E-state index in [0.29, 0.717) is 45.6 Å². The second kappa shape index (κ2) is 15.1. The van der Waals surface area contributed by atoms with Crippen LogP contribution in [0.15, 0.2) is 30.5 Å². The number of thiol groups is 1. The average molecular weight is 552 g/mol.